The molecule has 0 radical (unpaired) electrons. The first-order chi connectivity index (χ1) is 8.31. The van der Waals surface area contributed by atoms with Crippen molar-refractivity contribution in [2.75, 3.05) is 12.4 Å². The summed E-state index contributed by atoms with van der Waals surface area (Å²) in [5.41, 5.74) is 1.03. The van der Waals surface area contributed by atoms with Gasteiger partial charge in [-0.2, -0.15) is 5.26 Å². The van der Waals surface area contributed by atoms with Crippen LogP contribution in [-0.2, 0) is 0 Å². The normalized spacial score (nSPS) is 9.41. The number of aromatic nitrogens is 3. The molecule has 0 aliphatic rings. The number of hydrogen-bond donors (Lipinski definition) is 1. The second-order valence-corrected chi connectivity index (χ2v) is 3.09. The van der Waals surface area contributed by atoms with E-state index >= 15 is 0 Å². The summed E-state index contributed by atoms with van der Waals surface area (Å²) in [5, 5.41) is 11.6. The summed E-state index contributed by atoms with van der Waals surface area (Å²) in [6.45, 7) is 0. The number of nitriles is 1. The molecule has 2 rings (SSSR count). The van der Waals surface area contributed by atoms with Crippen LogP contribution < -0.4 is 10.1 Å². The van der Waals surface area contributed by atoms with Crippen molar-refractivity contribution < 1.29 is 4.74 Å². The molecular weight excluding hydrogens is 218 g/mol. The van der Waals surface area contributed by atoms with E-state index in [1.54, 1.807) is 25.4 Å². The summed E-state index contributed by atoms with van der Waals surface area (Å²) in [7, 11) is 1.55. The van der Waals surface area contributed by atoms with Crippen molar-refractivity contribution in [1.29, 1.82) is 5.26 Å². The van der Waals surface area contributed by atoms with Gasteiger partial charge in [-0.25, -0.2) is 15.0 Å². The van der Waals surface area contributed by atoms with Crippen LogP contribution in [0.5, 0.6) is 5.88 Å². The van der Waals surface area contributed by atoms with E-state index in [9.17, 15) is 0 Å². The lowest BCUT2D eigenvalue weighted by molar-refractivity contribution is 0.398. The van der Waals surface area contributed by atoms with Crippen LogP contribution in [0.1, 0.15) is 5.69 Å². The largest absolute Gasteiger partial charge is 0.481 e. The minimum absolute atomic E-state index is 0.309. The predicted octanol–water partition coefficient (Wildman–Crippen LogP) is 1.50. The van der Waals surface area contributed by atoms with E-state index in [2.05, 4.69) is 20.3 Å². The molecule has 0 amide bonds. The third-order valence-electron chi connectivity index (χ3n) is 1.97. The third kappa shape index (κ3) is 2.66. The van der Waals surface area contributed by atoms with Gasteiger partial charge < -0.3 is 10.1 Å². The number of nitrogens with one attached hydrogen (secondary N) is 1. The Morgan fingerprint density at radius 1 is 1.29 bits per heavy atom. The fourth-order valence-electron chi connectivity index (χ4n) is 1.19. The van der Waals surface area contributed by atoms with E-state index in [-0.39, 0.29) is 0 Å². The zero-order chi connectivity index (χ0) is 12.1. The van der Waals surface area contributed by atoms with Gasteiger partial charge in [0.1, 0.15) is 11.8 Å². The maximum absolute atomic E-state index is 8.70. The molecule has 0 unspecified atom stereocenters. The fourth-order valence-corrected chi connectivity index (χ4v) is 1.19. The predicted molar refractivity (Wildman–Crippen MR) is 60.8 cm³/mol. The summed E-state index contributed by atoms with van der Waals surface area (Å²) in [4.78, 5) is 12.0. The zero-order valence-corrected chi connectivity index (χ0v) is 9.08. The van der Waals surface area contributed by atoms with Gasteiger partial charge in [0.15, 0.2) is 0 Å². The minimum Gasteiger partial charge on any atom is -0.481 e. The molecule has 0 aliphatic carbocycles. The van der Waals surface area contributed by atoms with Gasteiger partial charge in [-0.3, -0.25) is 0 Å². The van der Waals surface area contributed by atoms with Gasteiger partial charge in [0.05, 0.1) is 19.0 Å². The Morgan fingerprint density at radius 3 is 2.82 bits per heavy atom. The van der Waals surface area contributed by atoms with Gasteiger partial charge in [0.25, 0.3) is 0 Å². The number of methoxy groups -OCH3 is 1. The molecule has 6 nitrogen and oxygen atoms in total. The number of nitrogens with zero attached hydrogens (tertiary/aromatic N) is 4. The van der Waals surface area contributed by atoms with Crippen LogP contribution >= 0.6 is 0 Å². The number of rotatable bonds is 3. The summed E-state index contributed by atoms with van der Waals surface area (Å²) in [6.07, 6.45) is 3.12. The standard InChI is InChI=1S/C11H9N5O/c1-17-10-3-2-9(7-14-10)16-11-13-5-4-8(6-12)15-11/h2-5,7H,1H3,(H,13,15,16). The van der Waals surface area contributed by atoms with E-state index in [0.717, 1.165) is 5.69 Å². The average Bonchev–Trinajstić information content (AvgIpc) is 2.40. The van der Waals surface area contributed by atoms with E-state index in [1.807, 2.05) is 6.07 Å². The second kappa shape index (κ2) is 4.90. The van der Waals surface area contributed by atoms with Gasteiger partial charge in [0.2, 0.25) is 11.8 Å². The first kappa shape index (κ1) is 10.8. The van der Waals surface area contributed by atoms with Crippen LogP contribution in [0.3, 0.4) is 0 Å². The zero-order valence-electron chi connectivity index (χ0n) is 9.08. The molecule has 0 atom stereocenters. The molecule has 0 saturated carbocycles. The molecule has 2 aromatic heterocycles. The Kier molecular flexibility index (Phi) is 3.12. The molecule has 1 N–H and O–H groups in total. The highest BCUT2D eigenvalue weighted by molar-refractivity contribution is 5.52. The molecule has 2 heterocycles. The SMILES string of the molecule is COc1ccc(Nc2nccc(C#N)n2)cn1. The molecule has 6 heteroatoms. The molecule has 0 fully saturated rings. The molecule has 84 valence electrons. The first-order valence-electron chi connectivity index (χ1n) is 4.82. The van der Waals surface area contributed by atoms with Crippen LogP contribution in [-0.4, -0.2) is 22.1 Å². The summed E-state index contributed by atoms with van der Waals surface area (Å²) in [6, 6.07) is 6.99. The van der Waals surface area contributed by atoms with Gasteiger partial charge in [-0.1, -0.05) is 0 Å². The molecular formula is C11H9N5O. The van der Waals surface area contributed by atoms with Gasteiger partial charge in [-0.05, 0) is 12.1 Å². The van der Waals surface area contributed by atoms with Crippen molar-refractivity contribution in [2.24, 2.45) is 0 Å². The lowest BCUT2D eigenvalue weighted by Crippen LogP contribution is -1.98. The van der Waals surface area contributed by atoms with Gasteiger partial charge in [0, 0.05) is 12.3 Å². The highest BCUT2D eigenvalue weighted by Crippen LogP contribution is 2.14. The molecule has 0 aromatic carbocycles. The van der Waals surface area contributed by atoms with E-state index in [1.165, 1.54) is 12.3 Å². The molecule has 17 heavy (non-hydrogen) atoms. The summed E-state index contributed by atoms with van der Waals surface area (Å²) in [5.74, 6) is 0.887. The lowest BCUT2D eigenvalue weighted by atomic mass is 10.4. The van der Waals surface area contributed by atoms with Crippen molar-refractivity contribution in [3.63, 3.8) is 0 Å². The Morgan fingerprint density at radius 2 is 2.18 bits per heavy atom. The molecule has 0 saturated heterocycles. The van der Waals surface area contributed by atoms with Crippen LogP contribution in [0.15, 0.2) is 30.6 Å². The first-order valence-corrected chi connectivity index (χ1v) is 4.82. The van der Waals surface area contributed by atoms with Crippen molar-refractivity contribution in [1.82, 2.24) is 15.0 Å². The van der Waals surface area contributed by atoms with Gasteiger partial charge in [-0.15, -0.1) is 0 Å². The van der Waals surface area contributed by atoms with Crippen LogP contribution in [0.4, 0.5) is 11.6 Å². The van der Waals surface area contributed by atoms with Gasteiger partial charge >= 0.3 is 0 Å². The van der Waals surface area contributed by atoms with E-state index < -0.39 is 0 Å². The Hall–Kier alpha value is -2.68. The van der Waals surface area contributed by atoms with Crippen molar-refractivity contribution >= 4 is 11.6 Å². The van der Waals surface area contributed by atoms with Crippen molar-refractivity contribution in [3.05, 3.63) is 36.3 Å². The minimum atomic E-state index is 0.309. The lowest BCUT2D eigenvalue weighted by Gasteiger charge is -2.04. The molecule has 0 aliphatic heterocycles. The maximum Gasteiger partial charge on any atom is 0.228 e. The van der Waals surface area contributed by atoms with Crippen LogP contribution in [0.25, 0.3) is 0 Å². The molecule has 0 bridgehead atoms. The maximum atomic E-state index is 8.70. The molecule has 0 spiro atoms. The Labute approximate surface area is 97.9 Å². The number of pyridine rings is 1. The van der Waals surface area contributed by atoms with E-state index in [0.29, 0.717) is 17.5 Å². The highest BCUT2D eigenvalue weighted by Gasteiger charge is 2.00. The van der Waals surface area contributed by atoms with E-state index in [4.69, 9.17) is 10.00 Å². The number of anilines is 2. The van der Waals surface area contributed by atoms with Crippen molar-refractivity contribution in [3.8, 4) is 11.9 Å². The van der Waals surface area contributed by atoms with Crippen molar-refractivity contribution in [2.45, 2.75) is 0 Å². The Balaban J connectivity index is 2.16. The van der Waals surface area contributed by atoms with Crippen LogP contribution in [0.2, 0.25) is 0 Å². The van der Waals surface area contributed by atoms with Crippen LogP contribution in [0, 0.1) is 11.3 Å². The molecule has 2 aromatic rings. The Bertz CT molecular complexity index is 547. The smallest absolute Gasteiger partial charge is 0.228 e. The fraction of sp³-hybridized carbons (Fsp3) is 0.0909. The topological polar surface area (TPSA) is 83.7 Å². The summed E-state index contributed by atoms with van der Waals surface area (Å²) < 4.78 is 4.94. The summed E-state index contributed by atoms with van der Waals surface area (Å²) >= 11 is 0. The highest BCUT2D eigenvalue weighted by atomic mass is 16.5. The monoisotopic (exact) mass is 227 g/mol. The number of hydrogen-bond acceptors (Lipinski definition) is 6. The average molecular weight is 227 g/mol. The number of ether oxygens (including phenoxy) is 1. The quantitative estimate of drug-likeness (QED) is 0.855. The third-order valence-corrected chi connectivity index (χ3v) is 1.97. The second-order valence-electron chi connectivity index (χ2n) is 3.09.